The van der Waals surface area contributed by atoms with Gasteiger partial charge < -0.3 is 15.3 Å². The number of aromatic nitrogens is 1. The van der Waals surface area contributed by atoms with Crippen LogP contribution in [0.3, 0.4) is 0 Å². The first-order chi connectivity index (χ1) is 7.99. The second-order valence-corrected chi connectivity index (χ2v) is 3.84. The highest BCUT2D eigenvalue weighted by Gasteiger charge is 2.07. The summed E-state index contributed by atoms with van der Waals surface area (Å²) in [7, 11) is 3.74. The third-order valence-electron chi connectivity index (χ3n) is 2.06. The van der Waals surface area contributed by atoms with Gasteiger partial charge in [-0.3, -0.25) is 4.79 Å². The topological polar surface area (TPSA) is 82.5 Å². The van der Waals surface area contributed by atoms with Gasteiger partial charge in [0.15, 0.2) is 0 Å². The summed E-state index contributed by atoms with van der Waals surface area (Å²) in [5.74, 6) is -0.974. The summed E-state index contributed by atoms with van der Waals surface area (Å²) in [6.07, 6.45) is 1.69. The number of hydrogen-bond donors (Lipinski definition) is 2. The molecule has 6 heteroatoms. The van der Waals surface area contributed by atoms with Gasteiger partial charge in [0.1, 0.15) is 5.82 Å². The number of anilines is 1. The Balaban J connectivity index is 2.59. The summed E-state index contributed by atoms with van der Waals surface area (Å²) in [6, 6.07) is 2.70. The molecule has 0 saturated heterocycles. The molecule has 0 spiro atoms. The fourth-order valence-corrected chi connectivity index (χ4v) is 1.16. The first-order valence-corrected chi connectivity index (χ1v) is 5.13. The molecule has 0 aliphatic carbocycles. The Morgan fingerprint density at radius 2 is 2.18 bits per heavy atom. The molecule has 17 heavy (non-hydrogen) atoms. The minimum absolute atomic E-state index is 0.0999. The number of carbonyl (C=O) groups is 2. The smallest absolute Gasteiger partial charge is 0.335 e. The van der Waals surface area contributed by atoms with Gasteiger partial charge in [0.25, 0.3) is 0 Å². The van der Waals surface area contributed by atoms with Gasteiger partial charge in [-0.05, 0) is 26.2 Å². The Morgan fingerprint density at radius 1 is 1.47 bits per heavy atom. The normalized spacial score (nSPS) is 10.3. The van der Waals surface area contributed by atoms with E-state index in [0.717, 1.165) is 0 Å². The van der Waals surface area contributed by atoms with Crippen LogP contribution >= 0.6 is 0 Å². The molecule has 0 fully saturated rings. The van der Waals surface area contributed by atoms with E-state index < -0.39 is 5.97 Å². The SMILES string of the molecule is CN(C)CCC(=O)Nc1cc(C(=O)O)ccn1. The van der Waals surface area contributed by atoms with Gasteiger partial charge in [-0.1, -0.05) is 0 Å². The second-order valence-electron chi connectivity index (χ2n) is 3.84. The lowest BCUT2D eigenvalue weighted by Gasteiger charge is -2.09. The number of hydrogen-bond acceptors (Lipinski definition) is 4. The lowest BCUT2D eigenvalue weighted by Crippen LogP contribution is -2.21. The van der Waals surface area contributed by atoms with E-state index in [-0.39, 0.29) is 17.3 Å². The fraction of sp³-hybridized carbons (Fsp3) is 0.364. The van der Waals surface area contributed by atoms with Crippen LogP contribution in [0.1, 0.15) is 16.8 Å². The number of nitrogens with zero attached hydrogens (tertiary/aromatic N) is 2. The highest BCUT2D eigenvalue weighted by molar-refractivity contribution is 5.92. The van der Waals surface area contributed by atoms with Crippen molar-refractivity contribution >= 4 is 17.7 Å². The molecule has 1 aromatic rings. The van der Waals surface area contributed by atoms with Crippen molar-refractivity contribution in [3.05, 3.63) is 23.9 Å². The molecule has 6 nitrogen and oxygen atoms in total. The highest BCUT2D eigenvalue weighted by Crippen LogP contribution is 2.07. The lowest BCUT2D eigenvalue weighted by molar-refractivity contribution is -0.116. The molecule has 1 amide bonds. The van der Waals surface area contributed by atoms with Crippen LogP contribution in [0.4, 0.5) is 5.82 Å². The summed E-state index contributed by atoms with van der Waals surface area (Å²) >= 11 is 0. The molecular weight excluding hydrogens is 222 g/mol. The lowest BCUT2D eigenvalue weighted by atomic mass is 10.2. The van der Waals surface area contributed by atoms with E-state index in [4.69, 9.17) is 5.11 Å². The van der Waals surface area contributed by atoms with Crippen molar-refractivity contribution < 1.29 is 14.7 Å². The summed E-state index contributed by atoms with van der Waals surface area (Å²) < 4.78 is 0. The van der Waals surface area contributed by atoms with Gasteiger partial charge in [-0.25, -0.2) is 9.78 Å². The monoisotopic (exact) mass is 237 g/mol. The standard InChI is InChI=1S/C11H15N3O3/c1-14(2)6-4-10(15)13-9-7-8(11(16)17)3-5-12-9/h3,5,7H,4,6H2,1-2H3,(H,16,17)(H,12,13,15). The van der Waals surface area contributed by atoms with E-state index in [2.05, 4.69) is 10.3 Å². The Kier molecular flexibility index (Phi) is 4.59. The van der Waals surface area contributed by atoms with Crippen LogP contribution in [-0.4, -0.2) is 47.5 Å². The number of rotatable bonds is 5. The van der Waals surface area contributed by atoms with Gasteiger partial charge in [0.05, 0.1) is 5.56 Å². The summed E-state index contributed by atoms with van der Waals surface area (Å²) in [6.45, 7) is 0.629. The van der Waals surface area contributed by atoms with Crippen molar-refractivity contribution in [2.75, 3.05) is 26.0 Å². The van der Waals surface area contributed by atoms with Crippen molar-refractivity contribution in [1.82, 2.24) is 9.88 Å². The van der Waals surface area contributed by atoms with E-state index in [1.165, 1.54) is 18.3 Å². The van der Waals surface area contributed by atoms with Crippen LogP contribution in [0.15, 0.2) is 18.3 Å². The Hall–Kier alpha value is -1.95. The third kappa shape index (κ3) is 4.60. The molecule has 0 aliphatic heterocycles. The predicted molar refractivity (Wildman–Crippen MR) is 63.0 cm³/mol. The summed E-state index contributed by atoms with van der Waals surface area (Å²) in [5, 5.41) is 11.3. The average Bonchev–Trinajstić information content (AvgIpc) is 2.26. The van der Waals surface area contributed by atoms with Crippen molar-refractivity contribution in [2.24, 2.45) is 0 Å². The molecule has 0 aromatic carbocycles. The Labute approximate surface area is 99.3 Å². The maximum Gasteiger partial charge on any atom is 0.335 e. The van der Waals surface area contributed by atoms with Crippen LogP contribution in [0.2, 0.25) is 0 Å². The van der Waals surface area contributed by atoms with Crippen LogP contribution < -0.4 is 5.32 Å². The molecular formula is C11H15N3O3. The molecule has 0 radical (unpaired) electrons. The molecule has 1 aromatic heterocycles. The Bertz CT molecular complexity index is 418. The van der Waals surface area contributed by atoms with E-state index in [9.17, 15) is 9.59 Å². The molecule has 92 valence electrons. The van der Waals surface area contributed by atoms with Gasteiger partial charge >= 0.3 is 5.97 Å². The zero-order chi connectivity index (χ0) is 12.8. The zero-order valence-corrected chi connectivity index (χ0v) is 9.80. The van der Waals surface area contributed by atoms with Crippen LogP contribution in [0.5, 0.6) is 0 Å². The second kappa shape index (κ2) is 5.95. The van der Waals surface area contributed by atoms with Gasteiger partial charge in [-0.15, -0.1) is 0 Å². The van der Waals surface area contributed by atoms with E-state index >= 15 is 0 Å². The minimum Gasteiger partial charge on any atom is -0.478 e. The molecule has 1 heterocycles. The third-order valence-corrected chi connectivity index (χ3v) is 2.06. The molecule has 0 atom stereocenters. The first-order valence-electron chi connectivity index (χ1n) is 5.13. The van der Waals surface area contributed by atoms with Crippen LogP contribution in [0, 0.1) is 0 Å². The molecule has 1 rings (SSSR count). The van der Waals surface area contributed by atoms with Crippen LogP contribution in [-0.2, 0) is 4.79 Å². The van der Waals surface area contributed by atoms with Gasteiger partial charge in [0, 0.05) is 19.2 Å². The maximum absolute atomic E-state index is 11.5. The number of aromatic carboxylic acids is 1. The molecule has 2 N–H and O–H groups in total. The van der Waals surface area contributed by atoms with E-state index in [1.54, 1.807) is 0 Å². The van der Waals surface area contributed by atoms with Crippen molar-refractivity contribution in [2.45, 2.75) is 6.42 Å². The quantitative estimate of drug-likeness (QED) is 0.786. The maximum atomic E-state index is 11.5. The van der Waals surface area contributed by atoms with Gasteiger partial charge in [0.2, 0.25) is 5.91 Å². The number of nitrogens with one attached hydrogen (secondary N) is 1. The number of carboxylic acid groups (broad SMARTS) is 1. The van der Waals surface area contributed by atoms with E-state index in [1.807, 2.05) is 19.0 Å². The number of carbonyl (C=O) groups excluding carboxylic acids is 1. The fourth-order valence-electron chi connectivity index (χ4n) is 1.16. The molecule has 0 saturated carbocycles. The van der Waals surface area contributed by atoms with Crippen molar-refractivity contribution in [3.63, 3.8) is 0 Å². The number of carboxylic acids is 1. The summed E-state index contributed by atoms with van der Waals surface area (Å²) in [5.41, 5.74) is 0.0999. The Morgan fingerprint density at radius 3 is 2.76 bits per heavy atom. The zero-order valence-electron chi connectivity index (χ0n) is 9.80. The largest absolute Gasteiger partial charge is 0.478 e. The van der Waals surface area contributed by atoms with Crippen molar-refractivity contribution in [1.29, 1.82) is 0 Å². The average molecular weight is 237 g/mol. The minimum atomic E-state index is -1.05. The van der Waals surface area contributed by atoms with Crippen molar-refractivity contribution in [3.8, 4) is 0 Å². The van der Waals surface area contributed by atoms with Gasteiger partial charge in [-0.2, -0.15) is 0 Å². The highest BCUT2D eigenvalue weighted by atomic mass is 16.4. The first kappa shape index (κ1) is 13.1. The summed E-state index contributed by atoms with van der Waals surface area (Å²) in [4.78, 5) is 27.9. The molecule has 0 aliphatic rings. The predicted octanol–water partition coefficient (Wildman–Crippen LogP) is 0.670. The molecule has 0 bridgehead atoms. The number of amides is 1. The number of pyridine rings is 1. The van der Waals surface area contributed by atoms with E-state index in [0.29, 0.717) is 13.0 Å². The molecule has 0 unspecified atom stereocenters. The van der Waals surface area contributed by atoms with Crippen LogP contribution in [0.25, 0.3) is 0 Å².